The zero-order valence-corrected chi connectivity index (χ0v) is 17.4. The van der Waals surface area contributed by atoms with E-state index in [1.54, 1.807) is 6.07 Å². The topological polar surface area (TPSA) is 103 Å². The average Bonchev–Trinajstić information content (AvgIpc) is 2.84. The predicted molar refractivity (Wildman–Crippen MR) is 110 cm³/mol. The third-order valence-electron chi connectivity index (χ3n) is 4.04. The second kappa shape index (κ2) is 7.53. The summed E-state index contributed by atoms with van der Waals surface area (Å²) in [6, 6.07) is 10.1. The third-order valence-corrected chi connectivity index (χ3v) is 5.39. The number of fused-ring (bicyclic) bond motifs is 3. The Kier molecular flexibility index (Phi) is 5.09. The minimum absolute atomic E-state index is 0.0563. The van der Waals surface area contributed by atoms with Crippen molar-refractivity contribution in [1.82, 2.24) is 15.2 Å². The summed E-state index contributed by atoms with van der Waals surface area (Å²) < 4.78 is 6.92. The fraction of sp³-hybridized carbons (Fsp3) is 0.118. The second-order valence-electron chi connectivity index (χ2n) is 5.75. The lowest BCUT2D eigenvalue weighted by Crippen LogP contribution is -2.17. The normalized spacial score (nSPS) is 14.9. The van der Waals surface area contributed by atoms with Crippen LogP contribution in [0.15, 0.2) is 46.0 Å². The fourth-order valence-electron chi connectivity index (χ4n) is 2.74. The van der Waals surface area contributed by atoms with E-state index in [9.17, 15) is 10.1 Å². The number of ether oxygens (including phenoxy) is 1. The first kappa shape index (κ1) is 18.9. The molecule has 28 heavy (non-hydrogen) atoms. The Labute approximate surface area is 177 Å². The maximum absolute atomic E-state index is 11.3. The number of hydrogen-bond donors (Lipinski definition) is 1. The third kappa shape index (κ3) is 3.50. The van der Waals surface area contributed by atoms with Crippen molar-refractivity contribution in [1.29, 1.82) is 0 Å². The molecule has 2 heterocycles. The van der Waals surface area contributed by atoms with Gasteiger partial charge in [-0.25, -0.2) is 0 Å². The number of thioether (sulfide) groups is 1. The summed E-state index contributed by atoms with van der Waals surface area (Å²) in [5.41, 5.74) is 2.30. The van der Waals surface area contributed by atoms with E-state index in [1.807, 2.05) is 24.5 Å². The maximum atomic E-state index is 11.3. The highest BCUT2D eigenvalue weighted by molar-refractivity contribution is 9.10. The molecule has 1 aromatic heterocycles. The first-order valence-electron chi connectivity index (χ1n) is 7.92. The molecule has 2 aromatic carbocycles. The number of nitro groups is 1. The number of nitrogens with one attached hydrogen (secondary N) is 1. The van der Waals surface area contributed by atoms with Gasteiger partial charge in [-0.1, -0.05) is 45.4 Å². The Morgan fingerprint density at radius 2 is 2.11 bits per heavy atom. The van der Waals surface area contributed by atoms with Crippen molar-refractivity contribution >= 4 is 50.7 Å². The summed E-state index contributed by atoms with van der Waals surface area (Å²) in [6.45, 7) is 0. The Balaban J connectivity index is 1.87. The first-order chi connectivity index (χ1) is 13.5. The van der Waals surface area contributed by atoms with Crippen molar-refractivity contribution in [2.45, 2.75) is 11.4 Å². The van der Waals surface area contributed by atoms with Gasteiger partial charge in [0.15, 0.2) is 11.9 Å². The number of hydrogen-bond acceptors (Lipinski definition) is 8. The molecule has 0 radical (unpaired) electrons. The number of anilines is 1. The predicted octanol–water partition coefficient (Wildman–Crippen LogP) is 5.09. The van der Waals surface area contributed by atoms with Crippen LogP contribution in [0.2, 0.25) is 5.02 Å². The van der Waals surface area contributed by atoms with Gasteiger partial charge in [0.05, 0.1) is 4.92 Å². The standard InChI is InChI=1S/C17H11BrClN5O3S/c1-28-17-21-16-14(22-23-17)10-7-9(18)3-5-12(10)20-15(27-16)8-2-4-11(19)13(6-8)24(25)26/h2-7,15,20H,1H3/t15-/m0/s1. The van der Waals surface area contributed by atoms with E-state index in [1.165, 1.54) is 23.9 Å². The van der Waals surface area contributed by atoms with E-state index in [0.717, 1.165) is 15.7 Å². The lowest BCUT2D eigenvalue weighted by molar-refractivity contribution is -0.384. The van der Waals surface area contributed by atoms with Crippen molar-refractivity contribution in [3.05, 3.63) is 61.6 Å². The van der Waals surface area contributed by atoms with E-state index in [0.29, 0.717) is 16.4 Å². The average molecular weight is 481 g/mol. The molecule has 0 amide bonds. The van der Waals surface area contributed by atoms with Crippen LogP contribution in [0.1, 0.15) is 11.8 Å². The first-order valence-corrected chi connectivity index (χ1v) is 10.3. The summed E-state index contributed by atoms with van der Waals surface area (Å²) in [4.78, 5) is 15.2. The summed E-state index contributed by atoms with van der Waals surface area (Å²) in [5, 5.41) is 23.4. The molecule has 0 spiro atoms. The molecule has 0 saturated carbocycles. The number of benzene rings is 2. The summed E-state index contributed by atoms with van der Waals surface area (Å²) in [5.74, 6) is 0.284. The van der Waals surface area contributed by atoms with Crippen LogP contribution in [0.5, 0.6) is 5.88 Å². The fourth-order valence-corrected chi connectivity index (χ4v) is 3.58. The number of halogens is 2. The van der Waals surface area contributed by atoms with Crippen LogP contribution in [0.4, 0.5) is 11.4 Å². The largest absolute Gasteiger partial charge is 0.448 e. The van der Waals surface area contributed by atoms with Crippen LogP contribution in [-0.2, 0) is 0 Å². The minimum atomic E-state index is -0.733. The lowest BCUT2D eigenvalue weighted by atomic mass is 10.1. The van der Waals surface area contributed by atoms with E-state index in [2.05, 4.69) is 36.4 Å². The molecule has 1 N–H and O–H groups in total. The van der Waals surface area contributed by atoms with Crippen LogP contribution in [0.3, 0.4) is 0 Å². The molecule has 142 valence electrons. The number of nitro benzene ring substituents is 1. The molecule has 8 nitrogen and oxygen atoms in total. The molecule has 0 unspecified atom stereocenters. The zero-order valence-electron chi connectivity index (χ0n) is 14.2. The molecule has 0 saturated heterocycles. The number of rotatable bonds is 3. The van der Waals surface area contributed by atoms with Crippen molar-refractivity contribution in [3.8, 4) is 17.1 Å². The molecule has 0 fully saturated rings. The summed E-state index contributed by atoms with van der Waals surface area (Å²) >= 11 is 10.7. The minimum Gasteiger partial charge on any atom is -0.448 e. The quantitative estimate of drug-likeness (QED) is 0.314. The van der Waals surface area contributed by atoms with Crippen LogP contribution in [0, 0.1) is 10.1 Å². The molecule has 0 aliphatic carbocycles. The maximum Gasteiger partial charge on any atom is 0.288 e. The molecule has 1 atom stereocenters. The van der Waals surface area contributed by atoms with Gasteiger partial charge in [0.1, 0.15) is 5.02 Å². The molecule has 1 aliphatic heterocycles. The Bertz CT molecular complexity index is 1100. The molecule has 0 bridgehead atoms. The monoisotopic (exact) mass is 479 g/mol. The Morgan fingerprint density at radius 1 is 1.29 bits per heavy atom. The van der Waals surface area contributed by atoms with Crippen LogP contribution < -0.4 is 10.1 Å². The van der Waals surface area contributed by atoms with E-state index >= 15 is 0 Å². The van der Waals surface area contributed by atoms with Crippen LogP contribution in [-0.4, -0.2) is 26.4 Å². The zero-order chi connectivity index (χ0) is 19.8. The SMILES string of the molecule is CSc1nnc2c(n1)O[C@@H](c1ccc(Cl)c([N+](=O)[O-])c1)Nc1ccc(Br)cc1-2. The molecule has 3 aromatic rings. The lowest BCUT2D eigenvalue weighted by Gasteiger charge is -2.19. The van der Waals surface area contributed by atoms with Gasteiger partial charge in [0, 0.05) is 27.4 Å². The van der Waals surface area contributed by atoms with E-state index < -0.39 is 11.2 Å². The highest BCUT2D eigenvalue weighted by Gasteiger charge is 2.27. The highest BCUT2D eigenvalue weighted by Crippen LogP contribution is 2.41. The highest BCUT2D eigenvalue weighted by atomic mass is 79.9. The Morgan fingerprint density at radius 3 is 2.86 bits per heavy atom. The summed E-state index contributed by atoms with van der Waals surface area (Å²) in [6.07, 6.45) is 1.10. The van der Waals surface area contributed by atoms with Gasteiger partial charge in [0.2, 0.25) is 11.0 Å². The van der Waals surface area contributed by atoms with Crippen molar-refractivity contribution in [3.63, 3.8) is 0 Å². The molecule has 4 rings (SSSR count). The number of aromatic nitrogens is 3. The van der Waals surface area contributed by atoms with E-state index in [-0.39, 0.29) is 16.6 Å². The van der Waals surface area contributed by atoms with Gasteiger partial charge in [0.25, 0.3) is 5.69 Å². The Hall–Kier alpha value is -2.43. The van der Waals surface area contributed by atoms with Gasteiger partial charge in [-0.2, -0.15) is 4.98 Å². The number of nitrogens with zero attached hydrogens (tertiary/aromatic N) is 4. The van der Waals surface area contributed by atoms with E-state index in [4.69, 9.17) is 16.3 Å². The van der Waals surface area contributed by atoms with Crippen molar-refractivity contribution in [2.75, 3.05) is 11.6 Å². The van der Waals surface area contributed by atoms with Gasteiger partial charge < -0.3 is 10.1 Å². The molecule has 11 heteroatoms. The van der Waals surface area contributed by atoms with Gasteiger partial charge >= 0.3 is 0 Å². The van der Waals surface area contributed by atoms with Crippen molar-refractivity contribution < 1.29 is 9.66 Å². The van der Waals surface area contributed by atoms with Gasteiger partial charge in [-0.05, 0) is 30.5 Å². The smallest absolute Gasteiger partial charge is 0.288 e. The summed E-state index contributed by atoms with van der Waals surface area (Å²) in [7, 11) is 0. The van der Waals surface area contributed by atoms with Crippen LogP contribution in [0.25, 0.3) is 11.3 Å². The molecular weight excluding hydrogens is 470 g/mol. The second-order valence-corrected chi connectivity index (χ2v) is 7.85. The van der Waals surface area contributed by atoms with Gasteiger partial charge in [-0.3, -0.25) is 10.1 Å². The molecular formula is C17H11BrClN5O3S. The van der Waals surface area contributed by atoms with Crippen molar-refractivity contribution in [2.24, 2.45) is 0 Å². The molecule has 1 aliphatic rings. The van der Waals surface area contributed by atoms with Crippen LogP contribution >= 0.6 is 39.3 Å². The van der Waals surface area contributed by atoms with Gasteiger partial charge in [-0.15, -0.1) is 10.2 Å².